The summed E-state index contributed by atoms with van der Waals surface area (Å²) in [5.41, 5.74) is 0.873. The SMILES string of the molecule is CCCC(CNC(=O)C(NC(=O)Cc1ccc2ccccc2c1)C(C)C)C(=O)O. The number of carboxylic acids is 1. The Kier molecular flexibility index (Phi) is 8.19. The zero-order valence-electron chi connectivity index (χ0n) is 17.3. The highest BCUT2D eigenvalue weighted by molar-refractivity contribution is 5.90. The summed E-state index contributed by atoms with van der Waals surface area (Å²) >= 11 is 0. The van der Waals surface area contributed by atoms with Crippen LogP contribution >= 0.6 is 0 Å². The van der Waals surface area contributed by atoms with Gasteiger partial charge in [-0.05, 0) is 28.7 Å². The van der Waals surface area contributed by atoms with Crippen LogP contribution in [0.25, 0.3) is 10.8 Å². The second-order valence-electron chi connectivity index (χ2n) is 7.72. The average molecular weight is 399 g/mol. The van der Waals surface area contributed by atoms with E-state index in [-0.39, 0.29) is 30.7 Å². The normalized spacial score (nSPS) is 13.1. The maximum atomic E-state index is 12.6. The standard InChI is InChI=1S/C23H30N2O4/c1-4-7-19(23(28)29)14-24-22(27)21(15(2)3)25-20(26)13-16-10-11-17-8-5-6-9-18(17)12-16/h5-6,8-12,15,19,21H,4,7,13-14H2,1-3H3,(H,24,27)(H,25,26)(H,28,29). The first-order valence-corrected chi connectivity index (χ1v) is 10.1. The molecule has 0 spiro atoms. The summed E-state index contributed by atoms with van der Waals surface area (Å²) in [6, 6.07) is 13.1. The highest BCUT2D eigenvalue weighted by atomic mass is 16.4. The second kappa shape index (κ2) is 10.6. The fraction of sp³-hybridized carbons (Fsp3) is 0.435. The molecule has 0 aliphatic carbocycles. The van der Waals surface area contributed by atoms with Gasteiger partial charge < -0.3 is 15.7 Å². The average Bonchev–Trinajstić information content (AvgIpc) is 2.68. The number of amides is 2. The van der Waals surface area contributed by atoms with Crippen molar-refractivity contribution < 1.29 is 19.5 Å². The summed E-state index contributed by atoms with van der Waals surface area (Å²) in [6.07, 6.45) is 1.40. The van der Waals surface area contributed by atoms with Crippen LogP contribution in [0, 0.1) is 11.8 Å². The molecule has 0 saturated heterocycles. The third kappa shape index (κ3) is 6.59. The highest BCUT2D eigenvalue weighted by Gasteiger charge is 2.26. The van der Waals surface area contributed by atoms with Crippen LogP contribution in [0.2, 0.25) is 0 Å². The van der Waals surface area contributed by atoms with Gasteiger partial charge in [-0.2, -0.15) is 0 Å². The fourth-order valence-corrected chi connectivity index (χ4v) is 3.29. The van der Waals surface area contributed by atoms with E-state index in [0.29, 0.717) is 6.42 Å². The van der Waals surface area contributed by atoms with Crippen LogP contribution in [0.1, 0.15) is 39.2 Å². The van der Waals surface area contributed by atoms with Crippen LogP contribution in [0.15, 0.2) is 42.5 Å². The number of carbonyl (C=O) groups excluding carboxylic acids is 2. The second-order valence-corrected chi connectivity index (χ2v) is 7.72. The molecule has 0 aliphatic heterocycles. The molecule has 0 aromatic heterocycles. The highest BCUT2D eigenvalue weighted by Crippen LogP contribution is 2.16. The van der Waals surface area contributed by atoms with Gasteiger partial charge in [0.05, 0.1) is 12.3 Å². The van der Waals surface area contributed by atoms with E-state index < -0.39 is 17.9 Å². The molecule has 29 heavy (non-hydrogen) atoms. The number of rotatable bonds is 10. The van der Waals surface area contributed by atoms with E-state index >= 15 is 0 Å². The van der Waals surface area contributed by atoms with E-state index in [1.54, 1.807) is 0 Å². The molecule has 6 heteroatoms. The molecule has 2 aromatic carbocycles. The fourth-order valence-electron chi connectivity index (χ4n) is 3.29. The van der Waals surface area contributed by atoms with Gasteiger partial charge >= 0.3 is 5.97 Å². The van der Waals surface area contributed by atoms with E-state index in [1.807, 2.05) is 63.2 Å². The minimum atomic E-state index is -0.923. The third-order valence-corrected chi connectivity index (χ3v) is 4.95. The monoisotopic (exact) mass is 398 g/mol. The molecule has 0 heterocycles. The van der Waals surface area contributed by atoms with Crippen LogP contribution in [-0.4, -0.2) is 35.5 Å². The molecule has 0 radical (unpaired) electrons. The van der Waals surface area contributed by atoms with Crippen LogP contribution in [0.3, 0.4) is 0 Å². The van der Waals surface area contributed by atoms with Gasteiger partial charge in [-0.25, -0.2) is 0 Å². The predicted molar refractivity (Wildman–Crippen MR) is 113 cm³/mol. The van der Waals surface area contributed by atoms with Gasteiger partial charge in [0.2, 0.25) is 11.8 Å². The summed E-state index contributed by atoms with van der Waals surface area (Å²) in [5, 5.41) is 16.9. The number of hydrogen-bond acceptors (Lipinski definition) is 3. The van der Waals surface area contributed by atoms with Crippen molar-refractivity contribution in [2.75, 3.05) is 6.54 Å². The summed E-state index contributed by atoms with van der Waals surface area (Å²) in [7, 11) is 0. The van der Waals surface area contributed by atoms with E-state index in [4.69, 9.17) is 0 Å². The van der Waals surface area contributed by atoms with Gasteiger partial charge in [0.1, 0.15) is 6.04 Å². The Labute approximate surface area is 171 Å². The van der Waals surface area contributed by atoms with Crippen LogP contribution in [0.5, 0.6) is 0 Å². The van der Waals surface area contributed by atoms with Crippen LogP contribution < -0.4 is 10.6 Å². The Bertz CT molecular complexity index is 863. The van der Waals surface area contributed by atoms with Crippen molar-refractivity contribution in [1.82, 2.24) is 10.6 Å². The van der Waals surface area contributed by atoms with Gasteiger partial charge in [-0.15, -0.1) is 0 Å². The quantitative estimate of drug-likeness (QED) is 0.573. The lowest BCUT2D eigenvalue weighted by molar-refractivity contribution is -0.142. The number of benzene rings is 2. The molecule has 0 bridgehead atoms. The molecular formula is C23H30N2O4. The Morgan fingerprint density at radius 3 is 2.34 bits per heavy atom. The molecule has 3 N–H and O–H groups in total. The number of carboxylic acid groups (broad SMARTS) is 1. The lowest BCUT2D eigenvalue weighted by Crippen LogP contribution is -2.51. The van der Waals surface area contributed by atoms with Gasteiger partial charge in [0.15, 0.2) is 0 Å². The zero-order valence-corrected chi connectivity index (χ0v) is 17.3. The molecule has 2 unspecified atom stereocenters. The maximum absolute atomic E-state index is 12.6. The summed E-state index contributed by atoms with van der Waals surface area (Å²) in [6.45, 7) is 5.66. The lowest BCUT2D eigenvalue weighted by atomic mass is 10.0. The van der Waals surface area contributed by atoms with Crippen molar-refractivity contribution in [2.24, 2.45) is 11.8 Å². The number of fused-ring (bicyclic) bond motifs is 1. The Hall–Kier alpha value is -2.89. The molecule has 0 aliphatic rings. The summed E-state index contributed by atoms with van der Waals surface area (Å²) in [4.78, 5) is 36.4. The van der Waals surface area contributed by atoms with Gasteiger partial charge in [-0.3, -0.25) is 14.4 Å². The molecule has 2 atom stereocenters. The number of aliphatic carboxylic acids is 1. The minimum Gasteiger partial charge on any atom is -0.481 e. The number of hydrogen-bond donors (Lipinski definition) is 3. The van der Waals surface area contributed by atoms with Gasteiger partial charge in [-0.1, -0.05) is 69.7 Å². The molecular weight excluding hydrogens is 368 g/mol. The Morgan fingerprint density at radius 2 is 1.72 bits per heavy atom. The van der Waals surface area contributed by atoms with Crippen molar-refractivity contribution in [3.63, 3.8) is 0 Å². The van der Waals surface area contributed by atoms with Gasteiger partial charge in [0, 0.05) is 6.54 Å². The van der Waals surface area contributed by atoms with E-state index in [1.165, 1.54) is 0 Å². The first-order chi connectivity index (χ1) is 13.8. The molecule has 156 valence electrons. The van der Waals surface area contributed by atoms with E-state index in [9.17, 15) is 19.5 Å². The topological polar surface area (TPSA) is 95.5 Å². The van der Waals surface area contributed by atoms with Crippen molar-refractivity contribution in [1.29, 1.82) is 0 Å². The molecule has 6 nitrogen and oxygen atoms in total. The summed E-state index contributed by atoms with van der Waals surface area (Å²) in [5.74, 6) is -2.25. The van der Waals surface area contributed by atoms with Crippen LogP contribution in [-0.2, 0) is 20.8 Å². The smallest absolute Gasteiger partial charge is 0.308 e. The zero-order chi connectivity index (χ0) is 21.4. The maximum Gasteiger partial charge on any atom is 0.308 e. The van der Waals surface area contributed by atoms with Crippen molar-refractivity contribution in [3.05, 3.63) is 48.0 Å². The van der Waals surface area contributed by atoms with Crippen LogP contribution in [0.4, 0.5) is 0 Å². The minimum absolute atomic E-state index is 0.0613. The Morgan fingerprint density at radius 1 is 1.03 bits per heavy atom. The largest absolute Gasteiger partial charge is 0.481 e. The first kappa shape index (κ1) is 22.4. The molecule has 0 fully saturated rings. The molecule has 2 rings (SSSR count). The van der Waals surface area contributed by atoms with Gasteiger partial charge in [0.25, 0.3) is 0 Å². The molecule has 2 amide bonds. The first-order valence-electron chi connectivity index (χ1n) is 10.1. The van der Waals surface area contributed by atoms with Crippen molar-refractivity contribution >= 4 is 28.6 Å². The Balaban J connectivity index is 1.98. The lowest BCUT2D eigenvalue weighted by Gasteiger charge is -2.23. The predicted octanol–water partition coefficient (Wildman–Crippen LogP) is 3.14. The number of nitrogens with one attached hydrogen (secondary N) is 2. The van der Waals surface area contributed by atoms with Crippen molar-refractivity contribution in [2.45, 2.75) is 46.1 Å². The number of carbonyl (C=O) groups is 3. The third-order valence-electron chi connectivity index (χ3n) is 4.95. The molecule has 2 aromatic rings. The summed E-state index contributed by atoms with van der Waals surface area (Å²) < 4.78 is 0. The van der Waals surface area contributed by atoms with E-state index in [2.05, 4.69) is 10.6 Å². The van der Waals surface area contributed by atoms with E-state index in [0.717, 1.165) is 22.8 Å². The van der Waals surface area contributed by atoms with Crippen molar-refractivity contribution in [3.8, 4) is 0 Å². The molecule has 0 saturated carbocycles.